The molecule has 3 aromatic heterocycles. The Balaban J connectivity index is 1.19. The Labute approximate surface area is 789 Å². The smallest absolute Gasteiger partial charge is 0.246 e. The summed E-state index contributed by atoms with van der Waals surface area (Å²) in [5, 5.41) is 49.7. The first kappa shape index (κ1) is 106. The van der Waals surface area contributed by atoms with Gasteiger partial charge in [0.2, 0.25) is 100 Å². The maximum Gasteiger partial charge on any atom is 0.246 e. The van der Waals surface area contributed by atoms with Gasteiger partial charge in [0.1, 0.15) is 78.5 Å². The number of H-pyrrole nitrogens is 3. The minimum atomic E-state index is -1.90. The topological polar surface area (TPSA) is 621 Å². The van der Waals surface area contributed by atoms with Crippen molar-refractivity contribution in [3.8, 4) is 0 Å². The third-order valence-electron chi connectivity index (χ3n) is 23.2. The van der Waals surface area contributed by atoms with E-state index in [0.29, 0.717) is 79.9 Å². The molecular weight excluding hydrogens is 1800 g/mol. The highest BCUT2D eigenvalue weighted by Crippen LogP contribution is 2.28. The van der Waals surface area contributed by atoms with Crippen LogP contribution in [0.5, 0.6) is 0 Å². The van der Waals surface area contributed by atoms with Gasteiger partial charge in [-0.15, -0.1) is 11.8 Å². The predicted molar refractivity (Wildman–Crippen MR) is 500 cm³/mol. The van der Waals surface area contributed by atoms with Crippen LogP contribution in [-0.2, 0) is 107 Å². The standard InChI is InChI=1S/C89H124Cl2N24O18S/c1-10-12-22-69-82(127)104-60(21-17-29-97-89(94)95)78(123)110-68(77(122)100-42-73(93)118)45-134-46-75(120)103-64(32-50-19-15-14-16-20-50)85(130)112(7)49(5)76(121)106-66(38-72(92)117)87(132)115-30-18-24-70(115)83(128)105-62(37-55-41-96-47-101-55)80(125)107-63(31-48(3)4)84(129)111(6)43-74(119)102-61(33-51-39-98-58-27-25-53(90)35-56(51)58)79(124)109-67(44-116)81(126)108-65(34-52-40-99-59-28-26-54(91)36-57(52)59)86(131)114(9)71(23-13-11-2)88(133)113(69)8/h14-16,19-20,25-28,35-36,39-41,47-49,60-71,98-99,116H,10-13,17-18,21-24,29-34,37-38,42-46H2,1-9H3,(H2,92,117)(H2,93,118)(H,96,101)(H,100,122)(H,102,119)(H,103,120)(H,104,127)(H,105,128)(H,106,121)(H,107,125)(H,108,126)(H,109,124)(H,110,123)(H4,94,95,97)/t49-,60-,61-,62-,63-,64-,65-,66-,67-,68-,69-,70-,71-/m0/s1. The van der Waals surface area contributed by atoms with E-state index in [9.17, 15) is 62.6 Å². The monoisotopic (exact) mass is 1920 g/mol. The minimum Gasteiger partial charge on any atom is -0.394 e. The molecule has 22 N–H and O–H groups in total. The minimum absolute atomic E-state index is 0.00568. The Kier molecular flexibility index (Phi) is 40.8. The fourth-order valence-corrected chi connectivity index (χ4v) is 17.0. The highest BCUT2D eigenvalue weighted by Gasteiger charge is 2.44. The van der Waals surface area contributed by atoms with E-state index in [2.05, 4.69) is 78.4 Å². The van der Waals surface area contributed by atoms with Gasteiger partial charge in [-0.3, -0.25) is 86.9 Å². The Morgan fingerprint density at radius 2 is 1.10 bits per heavy atom. The fourth-order valence-electron chi connectivity index (χ4n) is 15.8. The van der Waals surface area contributed by atoms with Crippen LogP contribution in [0.2, 0.25) is 10.0 Å². The summed E-state index contributed by atoms with van der Waals surface area (Å²) in [6.45, 7) is 5.79. The molecule has 17 amide bonds. The molecule has 0 bridgehead atoms. The number of aliphatic hydroxyl groups excluding tert-OH is 1. The van der Waals surface area contributed by atoms with Crippen LogP contribution in [0.1, 0.15) is 134 Å². The molecule has 2 aliphatic rings. The number of carbonyl (C=O) groups is 17. The van der Waals surface area contributed by atoms with E-state index in [1.807, 2.05) is 13.8 Å². The molecule has 5 heterocycles. The number of fused-ring (bicyclic) bond motifs is 3. The zero-order valence-corrected chi connectivity index (χ0v) is 78.8. The lowest BCUT2D eigenvalue weighted by molar-refractivity contribution is -0.149. The van der Waals surface area contributed by atoms with Crippen molar-refractivity contribution in [2.75, 3.05) is 72.5 Å². The van der Waals surface area contributed by atoms with Crippen molar-refractivity contribution in [3.05, 3.63) is 124 Å². The molecule has 6 aromatic rings. The van der Waals surface area contributed by atoms with E-state index in [-0.39, 0.29) is 89.6 Å². The van der Waals surface area contributed by atoms with Gasteiger partial charge in [0.05, 0.1) is 38.2 Å². The number of amides is 17. The van der Waals surface area contributed by atoms with Gasteiger partial charge in [0, 0.05) is 129 Å². The number of aliphatic hydroxyl groups is 1. The molecule has 0 radical (unpaired) electrons. The summed E-state index contributed by atoms with van der Waals surface area (Å²) < 4.78 is 0. The summed E-state index contributed by atoms with van der Waals surface area (Å²) in [6.07, 6.45) is 5.55. The number of hydrogen-bond donors (Lipinski definition) is 19. The molecule has 134 heavy (non-hydrogen) atoms. The van der Waals surface area contributed by atoms with Crippen LogP contribution in [0.3, 0.4) is 0 Å². The number of nitrogens with two attached hydrogens (primary N) is 3. The van der Waals surface area contributed by atoms with Crippen LogP contribution in [0.4, 0.5) is 0 Å². The van der Waals surface area contributed by atoms with E-state index >= 15 is 24.0 Å². The summed E-state index contributed by atoms with van der Waals surface area (Å²) in [7, 11) is 5.19. The summed E-state index contributed by atoms with van der Waals surface area (Å²) in [4.78, 5) is 267. The van der Waals surface area contributed by atoms with Crippen molar-refractivity contribution in [2.24, 2.45) is 23.1 Å². The van der Waals surface area contributed by atoms with Gasteiger partial charge in [-0.2, -0.15) is 0 Å². The molecule has 0 unspecified atom stereocenters. The Hall–Kier alpha value is -12.9. The van der Waals surface area contributed by atoms with Crippen LogP contribution in [0.15, 0.2) is 91.6 Å². The van der Waals surface area contributed by atoms with E-state index in [1.165, 1.54) is 47.6 Å². The van der Waals surface area contributed by atoms with Crippen molar-refractivity contribution >= 4 is 163 Å². The summed E-state index contributed by atoms with van der Waals surface area (Å²) >= 11 is 13.8. The zero-order chi connectivity index (χ0) is 98.3. The SMILES string of the molecule is CCCC[C@H]1C(=O)N(C)[C@@H](CCCC)C(=O)N[C@@H](CCCNC(=N)N)C(=O)N[C@H](C(=O)NCC(N)=O)CSCC(=O)N[C@@H](Cc2ccccc2)C(=O)N(C)[C@@H](C)C(=O)N[C@@H](CC(N)=O)C(=O)N2CCC[C@H]2C(=O)N[C@@H](Cc2cnc[nH]2)C(=O)N[C@@H](CC(C)C)C(=O)N(C)CC(=O)N[C@@H](Cc2c[nH]c3ccc(Cl)cc23)C(=O)N[C@@H](CO)C(=O)N[C@@H](Cc2c[nH]c3ccc(Cl)cc23)C(=O)N1C. The number of nitrogens with zero attached hydrogens (tertiary/aromatic N) is 6. The Morgan fingerprint density at radius 1 is 0.560 bits per heavy atom. The van der Waals surface area contributed by atoms with Crippen LogP contribution < -0.4 is 75.7 Å². The maximum absolute atomic E-state index is 15.7. The molecule has 2 aliphatic heterocycles. The number of primary amides is 2. The van der Waals surface area contributed by atoms with Crippen LogP contribution in [-0.4, -0.2) is 307 Å². The molecule has 3 aromatic carbocycles. The second kappa shape index (κ2) is 51.4. The number of likely N-dealkylation sites (N-methyl/N-ethyl adjacent to an activating group) is 4. The van der Waals surface area contributed by atoms with Crippen molar-refractivity contribution < 1.29 is 86.6 Å². The largest absolute Gasteiger partial charge is 0.394 e. The molecule has 728 valence electrons. The normalized spacial score (nSPS) is 23.4. The van der Waals surface area contributed by atoms with Crippen molar-refractivity contribution in [1.29, 1.82) is 5.41 Å². The quantitative estimate of drug-likeness (QED) is 0.0179. The van der Waals surface area contributed by atoms with Crippen LogP contribution in [0.25, 0.3) is 21.8 Å². The third-order valence-corrected chi connectivity index (χ3v) is 24.8. The molecule has 2 saturated heterocycles. The lowest BCUT2D eigenvalue weighted by Gasteiger charge is -2.36. The number of aromatic amines is 3. The van der Waals surface area contributed by atoms with Gasteiger partial charge >= 0.3 is 0 Å². The van der Waals surface area contributed by atoms with Gasteiger partial charge < -0.3 is 120 Å². The number of nitrogens with one attached hydrogen (secondary N) is 15. The number of carbonyl (C=O) groups excluding carboxylic acids is 17. The predicted octanol–water partition coefficient (Wildman–Crippen LogP) is -0.831. The third kappa shape index (κ3) is 30.8. The Bertz CT molecular complexity index is 5180. The van der Waals surface area contributed by atoms with Gasteiger partial charge in [0.15, 0.2) is 5.96 Å². The van der Waals surface area contributed by atoms with Crippen LogP contribution >= 0.6 is 35.0 Å². The Morgan fingerprint density at radius 3 is 1.69 bits per heavy atom. The van der Waals surface area contributed by atoms with E-state index < -0.39 is 223 Å². The molecule has 2 fully saturated rings. The molecule has 45 heteroatoms. The molecule has 0 saturated carbocycles. The van der Waals surface area contributed by atoms with E-state index in [4.69, 9.17) is 45.8 Å². The molecule has 8 rings (SSSR count). The lowest BCUT2D eigenvalue weighted by atomic mass is 10.00. The first-order valence-corrected chi connectivity index (χ1v) is 46.3. The summed E-state index contributed by atoms with van der Waals surface area (Å²) in [5.74, 6) is -17.5. The molecule has 13 atom stereocenters. The highest BCUT2D eigenvalue weighted by atomic mass is 35.5. The average molecular weight is 1920 g/mol. The van der Waals surface area contributed by atoms with Gasteiger partial charge in [-0.05, 0) is 111 Å². The number of benzene rings is 3. The highest BCUT2D eigenvalue weighted by molar-refractivity contribution is 8.00. The number of guanidine groups is 1. The molecule has 0 spiro atoms. The number of halogens is 2. The number of imidazole rings is 1. The molecule has 0 aliphatic carbocycles. The van der Waals surface area contributed by atoms with Crippen molar-refractivity contribution in [1.82, 2.24) is 103 Å². The zero-order valence-electron chi connectivity index (χ0n) is 76.5. The number of aromatic nitrogens is 4. The second-order valence-corrected chi connectivity index (χ2v) is 35.8. The van der Waals surface area contributed by atoms with Crippen LogP contribution in [0, 0.1) is 11.3 Å². The summed E-state index contributed by atoms with van der Waals surface area (Å²) in [5.41, 5.74) is 19.7. The van der Waals surface area contributed by atoms with Crippen molar-refractivity contribution in [2.45, 2.75) is 216 Å². The number of thioether (sulfide) groups is 1. The number of rotatable bonds is 26. The van der Waals surface area contributed by atoms with E-state index in [1.54, 1.807) is 93.0 Å². The number of hydrogen-bond acceptors (Lipinski definition) is 21. The van der Waals surface area contributed by atoms with Crippen molar-refractivity contribution in [3.63, 3.8) is 0 Å². The first-order valence-electron chi connectivity index (χ1n) is 44.4. The second-order valence-electron chi connectivity index (χ2n) is 33.9. The molecule has 42 nitrogen and oxygen atoms in total. The maximum atomic E-state index is 15.7. The summed E-state index contributed by atoms with van der Waals surface area (Å²) in [6, 6.07) is -1.77. The fraction of sp³-hybridized carbons (Fsp3) is 0.517. The van der Waals surface area contributed by atoms with Gasteiger partial charge in [-0.1, -0.05) is 107 Å². The number of unbranched alkanes of at least 4 members (excludes halogenated alkanes) is 2. The molecular formula is C89H124Cl2N24O18S. The lowest BCUT2D eigenvalue weighted by Crippen LogP contribution is -2.61. The first-order chi connectivity index (χ1) is 63.7. The van der Waals surface area contributed by atoms with Gasteiger partial charge in [-0.25, -0.2) is 4.98 Å². The van der Waals surface area contributed by atoms with Gasteiger partial charge in [0.25, 0.3) is 0 Å². The average Bonchev–Trinajstić information content (AvgIpc) is 1.26. The van der Waals surface area contributed by atoms with E-state index in [0.717, 1.165) is 36.3 Å².